The Kier molecular flexibility index (Phi) is 4.42. The van der Waals surface area contributed by atoms with Crippen LogP contribution in [-0.4, -0.2) is 45.9 Å². The van der Waals surface area contributed by atoms with Crippen LogP contribution in [0.3, 0.4) is 0 Å². The minimum absolute atomic E-state index is 0.0542. The van der Waals surface area contributed by atoms with Crippen molar-refractivity contribution >= 4 is 30.2 Å². The van der Waals surface area contributed by atoms with Gasteiger partial charge in [0, 0.05) is 6.54 Å². The maximum atomic E-state index is 12.3. The molecule has 1 heterocycles. The highest BCUT2D eigenvalue weighted by molar-refractivity contribution is 7.81. The van der Waals surface area contributed by atoms with E-state index in [-0.39, 0.29) is 17.6 Å². The van der Waals surface area contributed by atoms with Gasteiger partial charge in [-0.25, -0.2) is 0 Å². The molecule has 18 heavy (non-hydrogen) atoms. The van der Waals surface area contributed by atoms with Gasteiger partial charge in [0.15, 0.2) is 5.78 Å². The molecule has 0 saturated carbocycles. The van der Waals surface area contributed by atoms with Crippen molar-refractivity contribution in [2.24, 2.45) is 0 Å². The van der Waals surface area contributed by atoms with E-state index >= 15 is 0 Å². The molecule has 0 aromatic heterocycles. The molecule has 3 atom stereocenters. The van der Waals surface area contributed by atoms with E-state index in [9.17, 15) is 14.4 Å². The summed E-state index contributed by atoms with van der Waals surface area (Å²) in [6, 6.07) is -0.440. The Morgan fingerprint density at radius 1 is 1.44 bits per heavy atom. The Morgan fingerprint density at radius 2 is 2.00 bits per heavy atom. The summed E-state index contributed by atoms with van der Waals surface area (Å²) < 4.78 is 0. The minimum atomic E-state index is -0.919. The lowest BCUT2D eigenvalue weighted by atomic mass is 10.0. The van der Waals surface area contributed by atoms with Gasteiger partial charge in [-0.05, 0) is 34.1 Å². The number of ketones is 1. The van der Waals surface area contributed by atoms with Crippen LogP contribution in [-0.2, 0) is 14.4 Å². The van der Waals surface area contributed by atoms with Crippen LogP contribution in [0.5, 0.6) is 0 Å². The average Bonchev–Trinajstić information content (AvgIpc) is 2.54. The standard InChI is InChI=1S/C12H20N2O3S/c1-7(8(2)15)14-6-5-12(4,11(14)17)13-10(16)9(3)18/h7,9,18H,5-6H2,1-4H3,(H,13,16). The molecule has 1 aliphatic rings. The number of Topliss-reactive ketones (excluding diaryl/α,β-unsaturated/α-hetero) is 1. The third-order valence-electron chi connectivity index (χ3n) is 3.42. The number of rotatable bonds is 4. The fraction of sp³-hybridized carbons (Fsp3) is 0.750. The van der Waals surface area contributed by atoms with Gasteiger partial charge in [-0.1, -0.05) is 0 Å². The fourth-order valence-electron chi connectivity index (χ4n) is 1.95. The normalized spacial score (nSPS) is 26.9. The van der Waals surface area contributed by atoms with Crippen LogP contribution in [0.2, 0.25) is 0 Å². The number of nitrogens with zero attached hydrogens (tertiary/aromatic N) is 1. The van der Waals surface area contributed by atoms with Crippen molar-refractivity contribution in [3.8, 4) is 0 Å². The van der Waals surface area contributed by atoms with Crippen LogP contribution in [0.25, 0.3) is 0 Å². The smallest absolute Gasteiger partial charge is 0.248 e. The highest BCUT2D eigenvalue weighted by atomic mass is 32.1. The predicted octanol–water partition coefficient (Wildman–Crippen LogP) is 0.389. The maximum absolute atomic E-state index is 12.3. The monoisotopic (exact) mass is 272 g/mol. The summed E-state index contributed by atoms with van der Waals surface area (Å²) in [5.41, 5.74) is -0.919. The first-order chi connectivity index (χ1) is 8.19. The zero-order valence-corrected chi connectivity index (χ0v) is 12.1. The first-order valence-electron chi connectivity index (χ1n) is 6.00. The van der Waals surface area contributed by atoms with Crippen molar-refractivity contribution in [2.75, 3.05) is 6.54 Å². The summed E-state index contributed by atoms with van der Waals surface area (Å²) in [7, 11) is 0. The van der Waals surface area contributed by atoms with E-state index in [1.54, 1.807) is 20.8 Å². The molecule has 0 spiro atoms. The molecule has 0 bridgehead atoms. The van der Waals surface area contributed by atoms with Gasteiger partial charge >= 0.3 is 0 Å². The quantitative estimate of drug-likeness (QED) is 0.728. The van der Waals surface area contributed by atoms with Gasteiger partial charge < -0.3 is 10.2 Å². The zero-order chi connectivity index (χ0) is 14.1. The van der Waals surface area contributed by atoms with Crippen LogP contribution >= 0.6 is 12.6 Å². The number of thiol groups is 1. The Balaban J connectivity index is 2.80. The van der Waals surface area contributed by atoms with Crippen molar-refractivity contribution in [3.05, 3.63) is 0 Å². The molecule has 1 N–H and O–H groups in total. The highest BCUT2D eigenvalue weighted by Gasteiger charge is 2.46. The summed E-state index contributed by atoms with van der Waals surface area (Å²) in [6.07, 6.45) is 0.510. The molecular formula is C12H20N2O3S. The number of nitrogens with one attached hydrogen (secondary N) is 1. The van der Waals surface area contributed by atoms with Crippen molar-refractivity contribution in [2.45, 2.75) is 50.9 Å². The second kappa shape index (κ2) is 5.30. The zero-order valence-electron chi connectivity index (χ0n) is 11.2. The molecule has 1 saturated heterocycles. The molecule has 3 unspecified atom stereocenters. The Morgan fingerprint density at radius 3 is 2.44 bits per heavy atom. The summed E-state index contributed by atoms with van der Waals surface area (Å²) in [5.74, 6) is -0.527. The Bertz CT molecular complexity index is 384. The molecule has 0 radical (unpaired) electrons. The molecule has 1 rings (SSSR count). The van der Waals surface area contributed by atoms with Gasteiger partial charge in [-0.3, -0.25) is 14.4 Å². The third kappa shape index (κ3) is 2.85. The van der Waals surface area contributed by atoms with Gasteiger partial charge in [0.25, 0.3) is 0 Å². The SMILES string of the molecule is CC(=O)C(C)N1CCC(C)(NC(=O)C(C)S)C1=O. The van der Waals surface area contributed by atoms with E-state index in [2.05, 4.69) is 17.9 Å². The van der Waals surface area contributed by atoms with E-state index in [4.69, 9.17) is 0 Å². The van der Waals surface area contributed by atoms with Crippen LogP contribution in [0.1, 0.15) is 34.1 Å². The van der Waals surface area contributed by atoms with Gasteiger partial charge in [0.1, 0.15) is 5.54 Å². The highest BCUT2D eigenvalue weighted by Crippen LogP contribution is 2.25. The molecular weight excluding hydrogens is 252 g/mol. The van der Waals surface area contributed by atoms with Crippen LogP contribution in [0, 0.1) is 0 Å². The topological polar surface area (TPSA) is 66.5 Å². The number of carbonyl (C=O) groups is 3. The number of hydrogen-bond acceptors (Lipinski definition) is 4. The van der Waals surface area contributed by atoms with Crippen molar-refractivity contribution in [3.63, 3.8) is 0 Å². The summed E-state index contributed by atoms with van der Waals surface area (Å²) >= 11 is 4.04. The summed E-state index contributed by atoms with van der Waals surface area (Å²) in [6.45, 7) is 6.99. The van der Waals surface area contributed by atoms with Gasteiger partial charge in [-0.2, -0.15) is 12.6 Å². The van der Waals surface area contributed by atoms with E-state index < -0.39 is 16.8 Å². The largest absolute Gasteiger partial charge is 0.341 e. The predicted molar refractivity (Wildman–Crippen MR) is 71.5 cm³/mol. The molecule has 102 valence electrons. The second-order valence-corrected chi connectivity index (χ2v) is 5.81. The molecule has 1 fully saturated rings. The molecule has 2 amide bonds. The first-order valence-corrected chi connectivity index (χ1v) is 6.52. The summed E-state index contributed by atoms with van der Waals surface area (Å²) in [4.78, 5) is 36.7. The number of amides is 2. The van der Waals surface area contributed by atoms with E-state index in [1.165, 1.54) is 11.8 Å². The molecule has 0 aromatic rings. The lowest BCUT2D eigenvalue weighted by Gasteiger charge is -2.27. The van der Waals surface area contributed by atoms with Crippen LogP contribution in [0.15, 0.2) is 0 Å². The molecule has 0 aromatic carbocycles. The van der Waals surface area contributed by atoms with Crippen molar-refractivity contribution in [1.82, 2.24) is 10.2 Å². The molecule has 6 heteroatoms. The maximum Gasteiger partial charge on any atom is 0.248 e. The minimum Gasteiger partial charge on any atom is -0.341 e. The molecule has 5 nitrogen and oxygen atoms in total. The van der Waals surface area contributed by atoms with E-state index in [0.29, 0.717) is 13.0 Å². The number of likely N-dealkylation sites (tertiary alicyclic amines) is 1. The van der Waals surface area contributed by atoms with Gasteiger partial charge in [-0.15, -0.1) is 0 Å². The van der Waals surface area contributed by atoms with Crippen LogP contribution in [0.4, 0.5) is 0 Å². The van der Waals surface area contributed by atoms with Gasteiger partial charge in [0.2, 0.25) is 11.8 Å². The Labute approximate surface area is 113 Å². The molecule has 1 aliphatic heterocycles. The first kappa shape index (κ1) is 15.0. The van der Waals surface area contributed by atoms with E-state index in [1.807, 2.05) is 0 Å². The molecule has 0 aliphatic carbocycles. The second-order valence-electron chi connectivity index (χ2n) is 5.03. The summed E-state index contributed by atoms with van der Waals surface area (Å²) in [5, 5.41) is 2.25. The van der Waals surface area contributed by atoms with Gasteiger partial charge in [0.05, 0.1) is 11.3 Å². The lowest BCUT2D eigenvalue weighted by Crippen LogP contribution is -2.55. The lowest BCUT2D eigenvalue weighted by molar-refractivity contribution is -0.140. The average molecular weight is 272 g/mol. The van der Waals surface area contributed by atoms with Crippen molar-refractivity contribution in [1.29, 1.82) is 0 Å². The third-order valence-corrected chi connectivity index (χ3v) is 3.65. The fourth-order valence-corrected chi connectivity index (χ4v) is 2.02. The van der Waals surface area contributed by atoms with Crippen LogP contribution < -0.4 is 5.32 Å². The van der Waals surface area contributed by atoms with E-state index in [0.717, 1.165) is 0 Å². The number of carbonyl (C=O) groups excluding carboxylic acids is 3. The van der Waals surface area contributed by atoms with Crippen molar-refractivity contribution < 1.29 is 14.4 Å². The Hall–Kier alpha value is -1.04. The number of hydrogen-bond donors (Lipinski definition) is 2.